The Bertz CT molecular complexity index is 404. The normalized spacial score (nSPS) is 26.7. The SMILES string of the molecule is O=C1CCC(N2CCC(c3ccccc3)C2)CC1. The molecule has 0 N–H and O–H groups in total. The van der Waals surface area contributed by atoms with Gasteiger partial charge in [0.25, 0.3) is 0 Å². The fourth-order valence-corrected chi connectivity index (χ4v) is 3.41. The molecule has 0 radical (unpaired) electrons. The largest absolute Gasteiger partial charge is 0.300 e. The van der Waals surface area contributed by atoms with E-state index in [4.69, 9.17) is 0 Å². The van der Waals surface area contributed by atoms with E-state index >= 15 is 0 Å². The molecule has 1 saturated heterocycles. The van der Waals surface area contributed by atoms with Crippen LogP contribution in [0.25, 0.3) is 0 Å². The maximum Gasteiger partial charge on any atom is 0.133 e. The molecular formula is C16H21NO. The Hall–Kier alpha value is -1.15. The van der Waals surface area contributed by atoms with Crippen molar-refractivity contribution in [1.29, 1.82) is 0 Å². The third kappa shape index (κ3) is 2.49. The van der Waals surface area contributed by atoms with Gasteiger partial charge in [0.15, 0.2) is 0 Å². The van der Waals surface area contributed by atoms with Crippen LogP contribution in [0.1, 0.15) is 43.6 Å². The topological polar surface area (TPSA) is 20.3 Å². The number of benzene rings is 1. The average molecular weight is 243 g/mol. The molecule has 2 aliphatic rings. The van der Waals surface area contributed by atoms with E-state index in [1.165, 1.54) is 25.1 Å². The van der Waals surface area contributed by atoms with Crippen LogP contribution in [0.2, 0.25) is 0 Å². The van der Waals surface area contributed by atoms with Crippen LogP contribution in [0.4, 0.5) is 0 Å². The number of likely N-dealkylation sites (tertiary alicyclic amines) is 1. The summed E-state index contributed by atoms with van der Waals surface area (Å²) in [5, 5.41) is 0. The quantitative estimate of drug-likeness (QED) is 0.796. The van der Waals surface area contributed by atoms with Crippen molar-refractivity contribution in [3.63, 3.8) is 0 Å². The molecule has 2 nitrogen and oxygen atoms in total. The van der Waals surface area contributed by atoms with E-state index in [-0.39, 0.29) is 0 Å². The monoisotopic (exact) mass is 243 g/mol. The first-order valence-corrected chi connectivity index (χ1v) is 7.13. The van der Waals surface area contributed by atoms with Crippen molar-refractivity contribution in [2.24, 2.45) is 0 Å². The molecule has 1 aromatic carbocycles. The van der Waals surface area contributed by atoms with Crippen LogP contribution in [-0.4, -0.2) is 29.8 Å². The molecule has 1 saturated carbocycles. The summed E-state index contributed by atoms with van der Waals surface area (Å²) in [4.78, 5) is 13.9. The number of carbonyl (C=O) groups is 1. The molecule has 1 aliphatic heterocycles. The van der Waals surface area contributed by atoms with E-state index in [1.807, 2.05) is 0 Å². The summed E-state index contributed by atoms with van der Waals surface area (Å²) in [5.74, 6) is 1.16. The van der Waals surface area contributed by atoms with Gasteiger partial charge in [0, 0.05) is 25.4 Å². The Morgan fingerprint density at radius 2 is 1.72 bits per heavy atom. The lowest BCUT2D eigenvalue weighted by Gasteiger charge is -2.30. The molecule has 2 heteroatoms. The number of carbonyl (C=O) groups excluding carboxylic acids is 1. The second-order valence-electron chi connectivity index (χ2n) is 5.66. The number of nitrogens with zero attached hydrogens (tertiary/aromatic N) is 1. The predicted molar refractivity (Wildman–Crippen MR) is 72.6 cm³/mol. The maximum atomic E-state index is 11.3. The van der Waals surface area contributed by atoms with Gasteiger partial charge in [-0.2, -0.15) is 0 Å². The fourth-order valence-electron chi connectivity index (χ4n) is 3.41. The lowest BCUT2D eigenvalue weighted by molar-refractivity contribution is -0.121. The summed E-state index contributed by atoms with van der Waals surface area (Å²) in [6.07, 6.45) is 5.05. The Labute approximate surface area is 109 Å². The molecule has 1 heterocycles. The van der Waals surface area contributed by atoms with Crippen LogP contribution in [0, 0.1) is 0 Å². The predicted octanol–water partition coefficient (Wildman–Crippen LogP) is 2.99. The standard InChI is InChI=1S/C16H21NO/c18-16-8-6-15(7-9-16)17-11-10-14(12-17)13-4-2-1-3-5-13/h1-5,14-15H,6-12H2. The van der Waals surface area contributed by atoms with Crippen LogP contribution in [-0.2, 0) is 4.79 Å². The molecule has 1 aliphatic carbocycles. The molecule has 0 spiro atoms. The summed E-state index contributed by atoms with van der Waals surface area (Å²) >= 11 is 0. The zero-order valence-corrected chi connectivity index (χ0v) is 10.8. The molecule has 0 amide bonds. The summed E-state index contributed by atoms with van der Waals surface area (Å²) < 4.78 is 0. The van der Waals surface area contributed by atoms with Gasteiger partial charge in [-0.05, 0) is 37.3 Å². The van der Waals surface area contributed by atoms with Gasteiger partial charge in [-0.1, -0.05) is 30.3 Å². The number of hydrogen-bond acceptors (Lipinski definition) is 2. The van der Waals surface area contributed by atoms with Gasteiger partial charge < -0.3 is 0 Å². The molecular weight excluding hydrogens is 222 g/mol. The number of rotatable bonds is 2. The molecule has 1 atom stereocenters. The van der Waals surface area contributed by atoms with Crippen LogP contribution < -0.4 is 0 Å². The molecule has 0 aromatic heterocycles. The van der Waals surface area contributed by atoms with Gasteiger partial charge >= 0.3 is 0 Å². The highest BCUT2D eigenvalue weighted by Crippen LogP contribution is 2.31. The van der Waals surface area contributed by atoms with Crippen LogP contribution >= 0.6 is 0 Å². The second kappa shape index (κ2) is 5.23. The van der Waals surface area contributed by atoms with Gasteiger partial charge in [0.2, 0.25) is 0 Å². The maximum absolute atomic E-state index is 11.3. The van der Waals surface area contributed by atoms with Gasteiger partial charge in [-0.25, -0.2) is 0 Å². The van der Waals surface area contributed by atoms with E-state index in [1.54, 1.807) is 0 Å². The van der Waals surface area contributed by atoms with Crippen LogP contribution in [0.5, 0.6) is 0 Å². The van der Waals surface area contributed by atoms with E-state index < -0.39 is 0 Å². The molecule has 18 heavy (non-hydrogen) atoms. The zero-order valence-electron chi connectivity index (χ0n) is 10.8. The van der Waals surface area contributed by atoms with Crippen molar-refractivity contribution < 1.29 is 4.79 Å². The minimum atomic E-state index is 0.463. The van der Waals surface area contributed by atoms with Gasteiger partial charge in [0.05, 0.1) is 0 Å². The van der Waals surface area contributed by atoms with Crippen molar-refractivity contribution >= 4 is 5.78 Å². The first-order valence-electron chi connectivity index (χ1n) is 7.13. The molecule has 3 rings (SSSR count). The van der Waals surface area contributed by atoms with Gasteiger partial charge in [-0.3, -0.25) is 9.69 Å². The minimum Gasteiger partial charge on any atom is -0.300 e. The fraction of sp³-hybridized carbons (Fsp3) is 0.562. The molecule has 1 unspecified atom stereocenters. The van der Waals surface area contributed by atoms with Gasteiger partial charge in [0.1, 0.15) is 5.78 Å². The second-order valence-corrected chi connectivity index (χ2v) is 5.66. The molecule has 1 aromatic rings. The summed E-state index contributed by atoms with van der Waals surface area (Å²) in [6, 6.07) is 11.5. The summed E-state index contributed by atoms with van der Waals surface area (Å²) in [5.41, 5.74) is 1.48. The van der Waals surface area contributed by atoms with Crippen molar-refractivity contribution in [1.82, 2.24) is 4.90 Å². The average Bonchev–Trinajstić information content (AvgIpc) is 2.90. The van der Waals surface area contributed by atoms with Crippen molar-refractivity contribution in [2.75, 3.05) is 13.1 Å². The Morgan fingerprint density at radius 3 is 2.44 bits per heavy atom. The smallest absolute Gasteiger partial charge is 0.133 e. The number of Topliss-reactive ketones (excluding diaryl/α,β-unsaturated/α-hetero) is 1. The van der Waals surface area contributed by atoms with E-state index in [0.29, 0.717) is 17.7 Å². The zero-order chi connectivity index (χ0) is 12.4. The Balaban J connectivity index is 1.60. The highest BCUT2D eigenvalue weighted by atomic mass is 16.1. The number of hydrogen-bond donors (Lipinski definition) is 0. The third-order valence-electron chi connectivity index (χ3n) is 4.52. The van der Waals surface area contributed by atoms with Crippen molar-refractivity contribution in [2.45, 2.75) is 44.1 Å². The molecule has 96 valence electrons. The van der Waals surface area contributed by atoms with Crippen LogP contribution in [0.15, 0.2) is 30.3 Å². The van der Waals surface area contributed by atoms with Crippen molar-refractivity contribution in [3.05, 3.63) is 35.9 Å². The molecule has 0 bridgehead atoms. The summed E-state index contributed by atoms with van der Waals surface area (Å²) in [6.45, 7) is 2.39. The lowest BCUT2D eigenvalue weighted by atomic mass is 9.93. The van der Waals surface area contributed by atoms with Crippen molar-refractivity contribution in [3.8, 4) is 0 Å². The number of ketones is 1. The molecule has 2 fully saturated rings. The minimum absolute atomic E-state index is 0.463. The lowest BCUT2D eigenvalue weighted by Crippen LogP contribution is -2.36. The van der Waals surface area contributed by atoms with E-state index in [2.05, 4.69) is 35.2 Å². The third-order valence-corrected chi connectivity index (χ3v) is 4.52. The van der Waals surface area contributed by atoms with Crippen LogP contribution in [0.3, 0.4) is 0 Å². The van der Waals surface area contributed by atoms with E-state index in [0.717, 1.165) is 25.7 Å². The van der Waals surface area contributed by atoms with E-state index in [9.17, 15) is 4.79 Å². The first-order chi connectivity index (χ1) is 8.83. The highest BCUT2D eigenvalue weighted by molar-refractivity contribution is 5.79. The summed E-state index contributed by atoms with van der Waals surface area (Å²) in [7, 11) is 0. The first kappa shape index (κ1) is 11.9. The Morgan fingerprint density at radius 1 is 1.00 bits per heavy atom. The highest BCUT2D eigenvalue weighted by Gasteiger charge is 2.31. The van der Waals surface area contributed by atoms with Gasteiger partial charge in [-0.15, -0.1) is 0 Å². The Kier molecular flexibility index (Phi) is 3.46.